The lowest BCUT2D eigenvalue weighted by Crippen LogP contribution is -2.34. The fourth-order valence-electron chi connectivity index (χ4n) is 3.87. The van der Waals surface area contributed by atoms with E-state index in [2.05, 4.69) is 9.97 Å². The molecule has 1 saturated carbocycles. The van der Waals surface area contributed by atoms with Gasteiger partial charge in [-0.2, -0.15) is 0 Å². The first-order valence-corrected chi connectivity index (χ1v) is 9.22. The molecule has 0 amide bonds. The Hall–Kier alpha value is -2.55. The van der Waals surface area contributed by atoms with Gasteiger partial charge in [0.1, 0.15) is 41.9 Å². The molecular weight excluding hydrogens is 363 g/mol. The van der Waals surface area contributed by atoms with Crippen LogP contribution in [-0.2, 0) is 0 Å². The Balaban J connectivity index is 1.63. The van der Waals surface area contributed by atoms with Crippen LogP contribution in [0.3, 0.4) is 0 Å². The van der Waals surface area contributed by atoms with Gasteiger partial charge in [-0.3, -0.25) is 0 Å². The SMILES string of the molecule is Cc1ncnc2c1ccn2[C@@H]1C[C@H](Oc2ccc(F)cc2[C@H](C)N)[C@@H](O)[C@H]1O. The molecule has 3 aromatic rings. The normalized spacial score (nSPS) is 25.9. The number of aryl methyl sites for hydroxylation is 1. The van der Waals surface area contributed by atoms with Gasteiger partial charge in [0.25, 0.3) is 0 Å². The highest BCUT2D eigenvalue weighted by atomic mass is 19.1. The van der Waals surface area contributed by atoms with Gasteiger partial charge in [-0.05, 0) is 38.1 Å². The Bertz CT molecular complexity index is 1010. The van der Waals surface area contributed by atoms with E-state index < -0.39 is 36.2 Å². The molecule has 4 N–H and O–H groups in total. The van der Waals surface area contributed by atoms with E-state index in [1.54, 1.807) is 6.92 Å². The Morgan fingerprint density at radius 2 is 2.04 bits per heavy atom. The number of nitrogens with zero attached hydrogens (tertiary/aromatic N) is 3. The molecule has 1 aliphatic rings. The minimum atomic E-state index is -1.10. The van der Waals surface area contributed by atoms with Gasteiger partial charge in [0, 0.05) is 29.6 Å². The number of nitrogens with two attached hydrogens (primary N) is 1. The van der Waals surface area contributed by atoms with Gasteiger partial charge in [0.05, 0.1) is 11.7 Å². The number of rotatable bonds is 4. The molecule has 1 aromatic carbocycles. The molecule has 0 spiro atoms. The van der Waals surface area contributed by atoms with Crippen molar-refractivity contribution in [3.05, 3.63) is 53.9 Å². The first-order valence-electron chi connectivity index (χ1n) is 9.22. The molecule has 2 aromatic heterocycles. The van der Waals surface area contributed by atoms with Crippen molar-refractivity contribution >= 4 is 11.0 Å². The molecular formula is C20H23FN4O3. The highest BCUT2D eigenvalue weighted by molar-refractivity contribution is 5.78. The van der Waals surface area contributed by atoms with E-state index in [0.29, 0.717) is 23.4 Å². The topological polar surface area (TPSA) is 106 Å². The highest BCUT2D eigenvalue weighted by Crippen LogP contribution is 2.37. The number of fused-ring (bicyclic) bond motifs is 1. The van der Waals surface area contributed by atoms with Gasteiger partial charge in [-0.25, -0.2) is 14.4 Å². The Kier molecular flexibility index (Phi) is 4.78. The van der Waals surface area contributed by atoms with Crippen molar-refractivity contribution in [2.45, 2.75) is 50.7 Å². The van der Waals surface area contributed by atoms with Gasteiger partial charge >= 0.3 is 0 Å². The van der Waals surface area contributed by atoms with Crippen molar-refractivity contribution in [2.24, 2.45) is 5.73 Å². The summed E-state index contributed by atoms with van der Waals surface area (Å²) in [5.41, 5.74) is 7.98. The summed E-state index contributed by atoms with van der Waals surface area (Å²) in [6.07, 6.45) is 0.883. The number of hydrogen-bond acceptors (Lipinski definition) is 6. The second-order valence-corrected chi connectivity index (χ2v) is 7.33. The van der Waals surface area contributed by atoms with Crippen LogP contribution in [0, 0.1) is 12.7 Å². The zero-order valence-corrected chi connectivity index (χ0v) is 15.7. The number of halogens is 1. The van der Waals surface area contributed by atoms with Gasteiger partial charge in [-0.1, -0.05) is 0 Å². The van der Waals surface area contributed by atoms with Crippen LogP contribution in [0.5, 0.6) is 5.75 Å². The fourth-order valence-corrected chi connectivity index (χ4v) is 3.87. The fraction of sp³-hybridized carbons (Fsp3) is 0.400. The van der Waals surface area contributed by atoms with Crippen LogP contribution in [0.15, 0.2) is 36.8 Å². The van der Waals surface area contributed by atoms with Crippen molar-refractivity contribution in [2.75, 3.05) is 0 Å². The van der Waals surface area contributed by atoms with Crippen LogP contribution < -0.4 is 10.5 Å². The Labute approximate surface area is 161 Å². The number of aliphatic hydroxyl groups is 2. The quantitative estimate of drug-likeness (QED) is 0.633. The molecule has 28 heavy (non-hydrogen) atoms. The van der Waals surface area contributed by atoms with Crippen LogP contribution in [0.25, 0.3) is 11.0 Å². The standard InChI is InChI=1S/C20H23FN4O3/c1-10(22)14-7-12(21)3-4-16(14)28-17-8-15(18(26)19(17)27)25-6-5-13-11(2)23-9-24-20(13)25/h3-7,9-10,15,17-19,26-27H,8,22H2,1-2H3/t10-,15+,17-,18-,19+/m0/s1. The van der Waals surface area contributed by atoms with E-state index >= 15 is 0 Å². The minimum absolute atomic E-state index is 0.366. The molecule has 148 valence electrons. The third-order valence-electron chi connectivity index (χ3n) is 5.41. The molecule has 1 fully saturated rings. The molecule has 0 unspecified atom stereocenters. The van der Waals surface area contributed by atoms with Gasteiger partial charge < -0.3 is 25.3 Å². The molecule has 1 aliphatic carbocycles. The van der Waals surface area contributed by atoms with Crippen molar-refractivity contribution in [3.63, 3.8) is 0 Å². The zero-order valence-electron chi connectivity index (χ0n) is 15.7. The molecule has 0 saturated heterocycles. The second-order valence-electron chi connectivity index (χ2n) is 7.33. The van der Waals surface area contributed by atoms with E-state index in [4.69, 9.17) is 10.5 Å². The Morgan fingerprint density at radius 1 is 1.25 bits per heavy atom. The third kappa shape index (κ3) is 3.13. The van der Waals surface area contributed by atoms with Crippen molar-refractivity contribution in [1.29, 1.82) is 0 Å². The lowest BCUT2D eigenvalue weighted by atomic mass is 10.1. The average molecular weight is 386 g/mol. The largest absolute Gasteiger partial charge is 0.487 e. The maximum absolute atomic E-state index is 13.6. The molecule has 4 rings (SSSR count). The number of aliphatic hydroxyl groups excluding tert-OH is 2. The molecule has 8 heteroatoms. The summed E-state index contributed by atoms with van der Waals surface area (Å²) in [6, 6.07) is 5.17. The summed E-state index contributed by atoms with van der Waals surface area (Å²) in [5.74, 6) is 0.00206. The zero-order chi connectivity index (χ0) is 20.0. The number of hydrogen-bond donors (Lipinski definition) is 3. The second kappa shape index (κ2) is 7.12. The number of aromatic nitrogens is 3. The van der Waals surface area contributed by atoms with E-state index in [9.17, 15) is 14.6 Å². The summed E-state index contributed by atoms with van der Waals surface area (Å²) in [7, 11) is 0. The van der Waals surface area contributed by atoms with Gasteiger partial charge in [-0.15, -0.1) is 0 Å². The lowest BCUT2D eigenvalue weighted by molar-refractivity contribution is -0.0166. The van der Waals surface area contributed by atoms with Crippen LogP contribution in [0.1, 0.15) is 36.7 Å². The molecule has 0 aliphatic heterocycles. The first-order chi connectivity index (χ1) is 13.4. The van der Waals surface area contributed by atoms with E-state index in [0.717, 1.165) is 11.1 Å². The predicted octanol–water partition coefficient (Wildman–Crippen LogP) is 2.01. The summed E-state index contributed by atoms with van der Waals surface area (Å²) >= 11 is 0. The number of ether oxygens (including phenoxy) is 1. The summed E-state index contributed by atoms with van der Waals surface area (Å²) in [6.45, 7) is 3.63. The molecule has 5 atom stereocenters. The van der Waals surface area contributed by atoms with Crippen molar-refractivity contribution in [1.82, 2.24) is 14.5 Å². The predicted molar refractivity (Wildman–Crippen MR) is 101 cm³/mol. The number of benzene rings is 1. The van der Waals surface area contributed by atoms with Gasteiger partial charge in [0.15, 0.2) is 0 Å². The first kappa shape index (κ1) is 18.8. The Morgan fingerprint density at radius 3 is 2.79 bits per heavy atom. The summed E-state index contributed by atoms with van der Waals surface area (Å²) in [5, 5.41) is 22.1. The van der Waals surface area contributed by atoms with E-state index in [-0.39, 0.29) is 0 Å². The molecule has 7 nitrogen and oxygen atoms in total. The highest BCUT2D eigenvalue weighted by Gasteiger charge is 2.44. The maximum atomic E-state index is 13.6. The van der Waals surface area contributed by atoms with Crippen LogP contribution in [-0.4, -0.2) is 43.1 Å². The minimum Gasteiger partial charge on any atom is -0.487 e. The molecule has 2 heterocycles. The summed E-state index contributed by atoms with van der Waals surface area (Å²) < 4.78 is 21.4. The van der Waals surface area contributed by atoms with Crippen molar-refractivity contribution < 1.29 is 19.3 Å². The third-order valence-corrected chi connectivity index (χ3v) is 5.41. The van der Waals surface area contributed by atoms with Crippen LogP contribution >= 0.6 is 0 Å². The molecule has 0 bridgehead atoms. The monoisotopic (exact) mass is 386 g/mol. The summed E-state index contributed by atoms with van der Waals surface area (Å²) in [4.78, 5) is 8.50. The van der Waals surface area contributed by atoms with Gasteiger partial charge in [0.2, 0.25) is 0 Å². The van der Waals surface area contributed by atoms with Crippen molar-refractivity contribution in [3.8, 4) is 5.75 Å². The van der Waals surface area contributed by atoms with Crippen LogP contribution in [0.4, 0.5) is 4.39 Å². The van der Waals surface area contributed by atoms with E-state index in [1.165, 1.54) is 24.5 Å². The maximum Gasteiger partial charge on any atom is 0.143 e. The average Bonchev–Trinajstić information content (AvgIpc) is 3.20. The van der Waals surface area contributed by atoms with Crippen LogP contribution in [0.2, 0.25) is 0 Å². The molecule has 0 radical (unpaired) electrons. The lowest BCUT2D eigenvalue weighted by Gasteiger charge is -2.21. The van der Waals surface area contributed by atoms with E-state index in [1.807, 2.05) is 23.8 Å². The smallest absolute Gasteiger partial charge is 0.143 e.